The van der Waals surface area contributed by atoms with Crippen molar-refractivity contribution in [2.75, 3.05) is 0 Å². The average molecular weight is 274 g/mol. The lowest BCUT2D eigenvalue weighted by Gasteiger charge is -2.04. The molecule has 0 aliphatic carbocycles. The molecule has 0 spiro atoms. The Balaban J connectivity index is 2.28. The maximum Gasteiger partial charge on any atom is 0.154 e. The second kappa shape index (κ2) is 4.60. The molecule has 0 unspecified atom stereocenters. The predicted octanol–water partition coefficient (Wildman–Crippen LogP) is 2.21. The van der Waals surface area contributed by atoms with Gasteiger partial charge in [-0.05, 0) is 31.2 Å². The number of nitrogens with two attached hydrogens (primary N) is 1. The Kier molecular flexibility index (Phi) is 2.93. The van der Waals surface area contributed by atoms with Gasteiger partial charge in [0.2, 0.25) is 0 Å². The lowest BCUT2D eigenvalue weighted by atomic mass is 10.1. The third-order valence-electron chi connectivity index (χ3n) is 2.92. The summed E-state index contributed by atoms with van der Waals surface area (Å²) in [6.45, 7) is 2.35. The van der Waals surface area contributed by atoms with Gasteiger partial charge in [0.1, 0.15) is 5.15 Å². The molecule has 3 rings (SSSR count). The standard InChI is InChI=1S/C13H12ClN5/c1-8-13(9-4-5-16-10(6-9)7-15)19-12(17-8)3-2-11(14)18-19/h2-6H,7,15H2,1H3. The number of rotatable bonds is 2. The number of nitrogens with zero attached hydrogens (tertiary/aromatic N) is 4. The molecule has 96 valence electrons. The number of imidazole rings is 1. The number of aromatic nitrogens is 4. The van der Waals surface area contributed by atoms with Gasteiger partial charge < -0.3 is 5.73 Å². The third-order valence-corrected chi connectivity index (χ3v) is 3.12. The fraction of sp³-hybridized carbons (Fsp3) is 0.154. The van der Waals surface area contributed by atoms with E-state index in [0.717, 1.165) is 28.3 Å². The molecule has 5 nitrogen and oxygen atoms in total. The van der Waals surface area contributed by atoms with Crippen LogP contribution < -0.4 is 5.73 Å². The number of aryl methyl sites for hydroxylation is 1. The van der Waals surface area contributed by atoms with Crippen LogP contribution in [0.3, 0.4) is 0 Å². The molecule has 0 saturated heterocycles. The van der Waals surface area contributed by atoms with Gasteiger partial charge in [0.25, 0.3) is 0 Å². The first kappa shape index (κ1) is 12.1. The maximum atomic E-state index is 5.95. The second-order valence-electron chi connectivity index (χ2n) is 4.21. The zero-order valence-electron chi connectivity index (χ0n) is 10.3. The Hall–Kier alpha value is -1.98. The van der Waals surface area contributed by atoms with Crippen molar-refractivity contribution in [3.8, 4) is 11.3 Å². The van der Waals surface area contributed by atoms with Crippen LogP contribution in [-0.2, 0) is 6.54 Å². The highest BCUT2D eigenvalue weighted by molar-refractivity contribution is 6.29. The third kappa shape index (κ3) is 2.07. The molecule has 0 amide bonds. The minimum Gasteiger partial charge on any atom is -0.325 e. The molecule has 19 heavy (non-hydrogen) atoms. The molecule has 2 N–H and O–H groups in total. The first-order valence-corrected chi connectivity index (χ1v) is 6.24. The normalized spacial score (nSPS) is 11.1. The van der Waals surface area contributed by atoms with E-state index in [-0.39, 0.29) is 0 Å². The minimum atomic E-state index is 0.401. The molecule has 6 heteroatoms. The van der Waals surface area contributed by atoms with Crippen LogP contribution in [0.1, 0.15) is 11.4 Å². The predicted molar refractivity (Wildman–Crippen MR) is 73.9 cm³/mol. The number of pyridine rings is 1. The summed E-state index contributed by atoms with van der Waals surface area (Å²) >= 11 is 5.95. The van der Waals surface area contributed by atoms with Gasteiger partial charge in [-0.25, -0.2) is 9.50 Å². The lowest BCUT2D eigenvalue weighted by Crippen LogP contribution is -2.00. The molecular weight excluding hydrogens is 262 g/mol. The zero-order chi connectivity index (χ0) is 13.4. The van der Waals surface area contributed by atoms with Crippen LogP contribution in [0.4, 0.5) is 0 Å². The zero-order valence-corrected chi connectivity index (χ0v) is 11.1. The summed E-state index contributed by atoms with van der Waals surface area (Å²) < 4.78 is 1.74. The lowest BCUT2D eigenvalue weighted by molar-refractivity contribution is 0.938. The molecule has 0 radical (unpaired) electrons. The van der Waals surface area contributed by atoms with Crippen LogP contribution in [0.5, 0.6) is 0 Å². The smallest absolute Gasteiger partial charge is 0.154 e. The van der Waals surface area contributed by atoms with E-state index in [4.69, 9.17) is 17.3 Å². The van der Waals surface area contributed by atoms with E-state index < -0.39 is 0 Å². The van der Waals surface area contributed by atoms with Gasteiger partial charge in [-0.15, -0.1) is 0 Å². The van der Waals surface area contributed by atoms with E-state index in [1.165, 1.54) is 0 Å². The quantitative estimate of drug-likeness (QED) is 0.777. The van der Waals surface area contributed by atoms with Crippen molar-refractivity contribution in [2.24, 2.45) is 5.73 Å². The van der Waals surface area contributed by atoms with Crippen molar-refractivity contribution in [1.82, 2.24) is 19.6 Å². The van der Waals surface area contributed by atoms with E-state index in [9.17, 15) is 0 Å². The average Bonchev–Trinajstić information content (AvgIpc) is 2.74. The van der Waals surface area contributed by atoms with Crippen molar-refractivity contribution < 1.29 is 0 Å². The molecule has 3 heterocycles. The van der Waals surface area contributed by atoms with E-state index in [1.54, 1.807) is 16.8 Å². The number of hydrogen-bond donors (Lipinski definition) is 1. The number of fused-ring (bicyclic) bond motifs is 1. The molecule has 0 aliphatic rings. The largest absolute Gasteiger partial charge is 0.325 e. The molecule has 0 fully saturated rings. The summed E-state index contributed by atoms with van der Waals surface area (Å²) in [4.78, 5) is 8.67. The van der Waals surface area contributed by atoms with Crippen LogP contribution in [0.15, 0.2) is 30.5 Å². The summed E-state index contributed by atoms with van der Waals surface area (Å²) in [5.74, 6) is 0. The van der Waals surface area contributed by atoms with Crippen molar-refractivity contribution in [2.45, 2.75) is 13.5 Å². The Morgan fingerprint density at radius 2 is 2.16 bits per heavy atom. The van der Waals surface area contributed by atoms with E-state index in [1.807, 2.05) is 25.1 Å². The molecule has 3 aromatic rings. The topological polar surface area (TPSA) is 69.1 Å². The van der Waals surface area contributed by atoms with E-state index in [0.29, 0.717) is 11.7 Å². The van der Waals surface area contributed by atoms with Gasteiger partial charge in [-0.3, -0.25) is 4.98 Å². The van der Waals surface area contributed by atoms with Crippen LogP contribution in [0, 0.1) is 6.92 Å². The Morgan fingerprint density at radius 3 is 2.95 bits per heavy atom. The first-order valence-electron chi connectivity index (χ1n) is 5.86. The molecular formula is C13H12ClN5. The summed E-state index contributed by atoms with van der Waals surface area (Å²) in [7, 11) is 0. The van der Waals surface area contributed by atoms with Gasteiger partial charge in [-0.2, -0.15) is 5.10 Å². The Bertz CT molecular complexity index is 750. The van der Waals surface area contributed by atoms with Crippen molar-refractivity contribution in [1.29, 1.82) is 0 Å². The molecule has 3 aromatic heterocycles. The first-order chi connectivity index (χ1) is 9.19. The Labute approximate surface area is 115 Å². The SMILES string of the molecule is Cc1nc2ccc(Cl)nn2c1-c1ccnc(CN)c1. The van der Waals surface area contributed by atoms with Gasteiger partial charge in [0.15, 0.2) is 5.65 Å². The van der Waals surface area contributed by atoms with Gasteiger partial charge in [0.05, 0.1) is 17.1 Å². The highest BCUT2D eigenvalue weighted by Crippen LogP contribution is 2.24. The highest BCUT2D eigenvalue weighted by Gasteiger charge is 2.12. The number of halogens is 1. The summed E-state index contributed by atoms with van der Waals surface area (Å²) in [5, 5.41) is 4.73. The van der Waals surface area contributed by atoms with Gasteiger partial charge >= 0.3 is 0 Å². The highest BCUT2D eigenvalue weighted by atomic mass is 35.5. The fourth-order valence-electron chi connectivity index (χ4n) is 2.09. The molecule has 0 atom stereocenters. The van der Waals surface area contributed by atoms with Crippen molar-refractivity contribution in [3.63, 3.8) is 0 Å². The van der Waals surface area contributed by atoms with Crippen molar-refractivity contribution in [3.05, 3.63) is 47.0 Å². The molecule has 0 bridgehead atoms. The Morgan fingerprint density at radius 1 is 1.32 bits per heavy atom. The molecule has 0 aliphatic heterocycles. The summed E-state index contributed by atoms with van der Waals surface area (Å²) in [6, 6.07) is 7.43. The van der Waals surface area contributed by atoms with Gasteiger partial charge in [0, 0.05) is 18.3 Å². The fourth-order valence-corrected chi connectivity index (χ4v) is 2.23. The minimum absolute atomic E-state index is 0.401. The maximum absolute atomic E-state index is 5.95. The van der Waals surface area contributed by atoms with Crippen LogP contribution in [0.25, 0.3) is 16.9 Å². The van der Waals surface area contributed by atoms with Gasteiger partial charge in [-0.1, -0.05) is 11.6 Å². The van der Waals surface area contributed by atoms with Crippen LogP contribution in [0.2, 0.25) is 5.15 Å². The van der Waals surface area contributed by atoms with E-state index in [2.05, 4.69) is 15.1 Å². The second-order valence-corrected chi connectivity index (χ2v) is 4.60. The summed E-state index contributed by atoms with van der Waals surface area (Å²) in [5.41, 5.74) is 10.0. The van der Waals surface area contributed by atoms with Crippen molar-refractivity contribution >= 4 is 17.2 Å². The summed E-state index contributed by atoms with van der Waals surface area (Å²) in [6.07, 6.45) is 1.74. The van der Waals surface area contributed by atoms with Crippen LogP contribution >= 0.6 is 11.6 Å². The molecule has 0 saturated carbocycles. The molecule has 0 aromatic carbocycles. The monoisotopic (exact) mass is 273 g/mol. The number of hydrogen-bond acceptors (Lipinski definition) is 4. The van der Waals surface area contributed by atoms with Crippen LogP contribution in [-0.4, -0.2) is 19.6 Å². The van der Waals surface area contributed by atoms with E-state index >= 15 is 0 Å².